The van der Waals surface area contributed by atoms with E-state index in [9.17, 15) is 4.39 Å². The number of alkyl halides is 1. The Morgan fingerprint density at radius 1 is 0.875 bits per heavy atom. The SMILES string of the molecule is Fc1ccc(C(CCl)c2ccccc2)cc1. The van der Waals surface area contributed by atoms with Gasteiger partial charge in [-0.3, -0.25) is 0 Å². The van der Waals surface area contributed by atoms with Gasteiger partial charge in [0.1, 0.15) is 5.82 Å². The van der Waals surface area contributed by atoms with E-state index in [1.54, 1.807) is 12.1 Å². The minimum Gasteiger partial charge on any atom is -0.207 e. The highest BCUT2D eigenvalue weighted by atomic mass is 35.5. The highest BCUT2D eigenvalue weighted by Crippen LogP contribution is 2.25. The van der Waals surface area contributed by atoms with Gasteiger partial charge in [-0.1, -0.05) is 42.5 Å². The molecule has 0 heterocycles. The molecular weight excluding hydrogens is 223 g/mol. The van der Waals surface area contributed by atoms with Crippen molar-refractivity contribution in [2.24, 2.45) is 0 Å². The van der Waals surface area contributed by atoms with Crippen LogP contribution in [-0.4, -0.2) is 5.88 Å². The number of hydrogen-bond donors (Lipinski definition) is 0. The monoisotopic (exact) mass is 234 g/mol. The summed E-state index contributed by atoms with van der Waals surface area (Å²) in [7, 11) is 0. The molecule has 1 unspecified atom stereocenters. The Hall–Kier alpha value is -1.34. The summed E-state index contributed by atoms with van der Waals surface area (Å²) in [6, 6.07) is 16.5. The normalized spacial score (nSPS) is 12.4. The van der Waals surface area contributed by atoms with Crippen LogP contribution in [0.15, 0.2) is 54.6 Å². The van der Waals surface area contributed by atoms with Gasteiger partial charge < -0.3 is 0 Å². The van der Waals surface area contributed by atoms with Gasteiger partial charge in [-0.05, 0) is 23.3 Å². The quantitative estimate of drug-likeness (QED) is 0.699. The molecule has 0 saturated heterocycles. The van der Waals surface area contributed by atoms with Gasteiger partial charge in [-0.15, -0.1) is 11.6 Å². The lowest BCUT2D eigenvalue weighted by molar-refractivity contribution is 0.626. The largest absolute Gasteiger partial charge is 0.207 e. The topological polar surface area (TPSA) is 0 Å². The zero-order valence-electron chi connectivity index (χ0n) is 8.74. The molecule has 2 aromatic carbocycles. The molecule has 0 aromatic heterocycles. The van der Waals surface area contributed by atoms with Crippen molar-refractivity contribution in [2.75, 3.05) is 5.88 Å². The maximum Gasteiger partial charge on any atom is 0.123 e. The second kappa shape index (κ2) is 5.13. The molecule has 0 amide bonds. The van der Waals surface area contributed by atoms with Crippen LogP contribution in [0.5, 0.6) is 0 Å². The molecule has 2 aromatic rings. The lowest BCUT2D eigenvalue weighted by Crippen LogP contribution is -2.02. The van der Waals surface area contributed by atoms with E-state index in [2.05, 4.69) is 0 Å². The van der Waals surface area contributed by atoms with Crippen molar-refractivity contribution in [2.45, 2.75) is 5.92 Å². The van der Waals surface area contributed by atoms with E-state index >= 15 is 0 Å². The van der Waals surface area contributed by atoms with E-state index < -0.39 is 0 Å². The van der Waals surface area contributed by atoms with Crippen LogP contribution in [0.25, 0.3) is 0 Å². The highest BCUT2D eigenvalue weighted by Gasteiger charge is 2.12. The molecule has 0 saturated carbocycles. The molecule has 0 aliphatic heterocycles. The molecule has 1 atom stereocenters. The van der Waals surface area contributed by atoms with Crippen molar-refractivity contribution in [3.05, 3.63) is 71.5 Å². The summed E-state index contributed by atoms with van der Waals surface area (Å²) in [5.74, 6) is 0.406. The van der Waals surface area contributed by atoms with Crippen molar-refractivity contribution in [3.63, 3.8) is 0 Å². The maximum absolute atomic E-state index is 12.8. The van der Waals surface area contributed by atoms with Crippen LogP contribution >= 0.6 is 11.6 Å². The van der Waals surface area contributed by atoms with Crippen LogP contribution in [0.4, 0.5) is 4.39 Å². The predicted molar refractivity (Wildman–Crippen MR) is 65.4 cm³/mol. The summed E-state index contributed by atoms with van der Waals surface area (Å²) in [6.45, 7) is 0. The Morgan fingerprint density at radius 3 is 2.00 bits per heavy atom. The number of rotatable bonds is 3. The van der Waals surface area contributed by atoms with Gasteiger partial charge in [-0.2, -0.15) is 0 Å². The van der Waals surface area contributed by atoms with Crippen molar-refractivity contribution < 1.29 is 4.39 Å². The first-order chi connectivity index (χ1) is 7.81. The van der Waals surface area contributed by atoms with Crippen LogP contribution in [0.3, 0.4) is 0 Å². The number of halogens is 2. The smallest absolute Gasteiger partial charge is 0.123 e. The molecule has 16 heavy (non-hydrogen) atoms. The summed E-state index contributed by atoms with van der Waals surface area (Å²) in [5.41, 5.74) is 2.20. The number of benzene rings is 2. The summed E-state index contributed by atoms with van der Waals surface area (Å²) in [6.07, 6.45) is 0. The zero-order valence-corrected chi connectivity index (χ0v) is 9.49. The molecule has 0 aliphatic carbocycles. The van der Waals surface area contributed by atoms with E-state index in [4.69, 9.17) is 11.6 Å². The van der Waals surface area contributed by atoms with E-state index in [0.717, 1.165) is 11.1 Å². The van der Waals surface area contributed by atoms with Gasteiger partial charge >= 0.3 is 0 Å². The molecule has 0 fully saturated rings. The van der Waals surface area contributed by atoms with Gasteiger partial charge in [-0.25, -0.2) is 4.39 Å². The molecule has 0 bridgehead atoms. The molecule has 0 radical (unpaired) electrons. The summed E-state index contributed by atoms with van der Waals surface area (Å²) >= 11 is 5.98. The Kier molecular flexibility index (Phi) is 3.58. The van der Waals surface area contributed by atoms with Crippen LogP contribution in [0, 0.1) is 5.82 Å². The first-order valence-corrected chi connectivity index (χ1v) is 5.71. The average Bonchev–Trinajstić information content (AvgIpc) is 2.34. The molecule has 0 nitrogen and oxygen atoms in total. The second-order valence-corrected chi connectivity index (χ2v) is 3.98. The fourth-order valence-corrected chi connectivity index (χ4v) is 2.11. The predicted octanol–water partition coefficient (Wildman–Crippen LogP) is 4.20. The van der Waals surface area contributed by atoms with Crippen LogP contribution < -0.4 is 0 Å². The lowest BCUT2D eigenvalue weighted by Gasteiger charge is -2.14. The Balaban J connectivity index is 2.33. The fourth-order valence-electron chi connectivity index (χ4n) is 1.75. The van der Waals surface area contributed by atoms with Gasteiger partial charge in [0.05, 0.1) is 0 Å². The Labute approximate surface area is 99.7 Å². The molecule has 82 valence electrons. The third-order valence-corrected chi connectivity index (χ3v) is 2.94. The highest BCUT2D eigenvalue weighted by molar-refractivity contribution is 6.18. The maximum atomic E-state index is 12.8. The third kappa shape index (κ3) is 2.42. The van der Waals surface area contributed by atoms with Crippen LogP contribution in [0.2, 0.25) is 0 Å². The molecular formula is C14H12ClF. The minimum absolute atomic E-state index is 0.128. The molecule has 2 heteroatoms. The standard InChI is InChI=1S/C14H12ClF/c15-10-14(11-4-2-1-3-5-11)12-6-8-13(16)9-7-12/h1-9,14H,10H2. The van der Waals surface area contributed by atoms with E-state index in [-0.39, 0.29) is 11.7 Å². The first kappa shape index (κ1) is 11.2. The van der Waals surface area contributed by atoms with Gasteiger partial charge in [0.25, 0.3) is 0 Å². The van der Waals surface area contributed by atoms with Crippen molar-refractivity contribution in [3.8, 4) is 0 Å². The summed E-state index contributed by atoms with van der Waals surface area (Å²) in [4.78, 5) is 0. The first-order valence-electron chi connectivity index (χ1n) is 5.17. The van der Waals surface area contributed by atoms with Crippen molar-refractivity contribution >= 4 is 11.6 Å². The van der Waals surface area contributed by atoms with E-state index in [1.165, 1.54) is 12.1 Å². The molecule has 0 N–H and O–H groups in total. The van der Waals surface area contributed by atoms with Crippen molar-refractivity contribution in [1.29, 1.82) is 0 Å². The summed E-state index contributed by atoms with van der Waals surface area (Å²) < 4.78 is 12.8. The molecule has 0 aliphatic rings. The van der Waals surface area contributed by atoms with Gasteiger partial charge in [0.15, 0.2) is 0 Å². The molecule has 0 spiro atoms. The van der Waals surface area contributed by atoms with Crippen LogP contribution in [-0.2, 0) is 0 Å². The second-order valence-electron chi connectivity index (χ2n) is 3.67. The Morgan fingerprint density at radius 2 is 1.44 bits per heavy atom. The molecule has 2 rings (SSSR count). The number of hydrogen-bond acceptors (Lipinski definition) is 0. The van der Waals surface area contributed by atoms with Crippen LogP contribution in [0.1, 0.15) is 17.0 Å². The average molecular weight is 235 g/mol. The van der Waals surface area contributed by atoms with Crippen molar-refractivity contribution in [1.82, 2.24) is 0 Å². The Bertz CT molecular complexity index is 436. The van der Waals surface area contributed by atoms with Gasteiger partial charge in [0.2, 0.25) is 0 Å². The minimum atomic E-state index is -0.217. The summed E-state index contributed by atoms with van der Waals surface area (Å²) in [5, 5.41) is 0. The van der Waals surface area contributed by atoms with E-state index in [1.807, 2.05) is 30.3 Å². The van der Waals surface area contributed by atoms with E-state index in [0.29, 0.717) is 5.88 Å². The third-order valence-electron chi connectivity index (χ3n) is 2.63. The fraction of sp³-hybridized carbons (Fsp3) is 0.143. The van der Waals surface area contributed by atoms with Gasteiger partial charge in [0, 0.05) is 11.8 Å². The lowest BCUT2D eigenvalue weighted by atomic mass is 9.93. The zero-order chi connectivity index (χ0) is 11.4.